The Hall–Kier alpha value is -1.89. The molecule has 3 aliphatic rings. The van der Waals surface area contributed by atoms with E-state index in [9.17, 15) is 9.59 Å². The van der Waals surface area contributed by atoms with E-state index in [2.05, 4.69) is 57.7 Å². The van der Waals surface area contributed by atoms with Crippen molar-refractivity contribution in [2.24, 2.45) is 50.8 Å². The molecule has 3 aliphatic carbocycles. The van der Waals surface area contributed by atoms with Crippen LogP contribution in [0, 0.1) is 39.9 Å². The normalized spacial score (nSPS) is 43.8. The van der Waals surface area contributed by atoms with Gasteiger partial charge in [0.2, 0.25) is 5.91 Å². The van der Waals surface area contributed by atoms with Crippen molar-refractivity contribution in [2.75, 3.05) is 13.7 Å². The van der Waals surface area contributed by atoms with Crippen molar-refractivity contribution in [1.82, 2.24) is 5.32 Å². The lowest BCUT2D eigenvalue weighted by atomic mass is 9.42. The number of nitrogens with zero attached hydrogens (tertiary/aromatic N) is 1. The SMILES string of the molecule is C=C[C@]1(C)C[C@@H](OC(=O)CNC(=O)C(C)N)[C@]2(C)[C@H](C)CC[C@]3(CC/C(=N\OC)[C@H]32)[C@@H](C)C1C. The molecule has 7 nitrogen and oxygen atoms in total. The molecule has 0 aromatic carbocycles. The summed E-state index contributed by atoms with van der Waals surface area (Å²) < 4.78 is 6.29. The molecule has 0 aliphatic heterocycles. The maximum atomic E-state index is 13.0. The van der Waals surface area contributed by atoms with Gasteiger partial charge in [-0.15, -0.1) is 6.58 Å². The molecule has 1 amide bonds. The van der Waals surface area contributed by atoms with E-state index < -0.39 is 12.0 Å². The molecule has 3 fully saturated rings. The van der Waals surface area contributed by atoms with Gasteiger partial charge in [-0.3, -0.25) is 9.59 Å². The highest BCUT2D eigenvalue weighted by Gasteiger charge is 2.67. The maximum Gasteiger partial charge on any atom is 0.325 e. The van der Waals surface area contributed by atoms with Crippen LogP contribution in [0.5, 0.6) is 0 Å². The number of hydrogen-bond acceptors (Lipinski definition) is 6. The van der Waals surface area contributed by atoms with E-state index in [0.29, 0.717) is 24.2 Å². The molecule has 0 spiro atoms. The zero-order chi connectivity index (χ0) is 25.5. The Balaban J connectivity index is 2.08. The van der Waals surface area contributed by atoms with Gasteiger partial charge in [-0.2, -0.15) is 0 Å². The molecule has 3 N–H and O–H groups in total. The number of nitrogens with two attached hydrogens (primary N) is 1. The Labute approximate surface area is 205 Å². The number of hydrogen-bond donors (Lipinski definition) is 2. The van der Waals surface area contributed by atoms with E-state index in [-0.39, 0.29) is 40.7 Å². The summed E-state index contributed by atoms with van der Waals surface area (Å²) in [6.07, 6.45) is 6.62. The van der Waals surface area contributed by atoms with Crippen molar-refractivity contribution >= 4 is 17.6 Å². The maximum absolute atomic E-state index is 13.0. The number of amides is 1. The Morgan fingerprint density at radius 1 is 1.26 bits per heavy atom. The van der Waals surface area contributed by atoms with E-state index >= 15 is 0 Å². The molecule has 3 rings (SSSR count). The molecule has 3 saturated carbocycles. The first-order valence-corrected chi connectivity index (χ1v) is 12.8. The topological polar surface area (TPSA) is 103 Å². The summed E-state index contributed by atoms with van der Waals surface area (Å²) in [6.45, 7) is 17.2. The van der Waals surface area contributed by atoms with Crippen LogP contribution in [0.2, 0.25) is 0 Å². The minimum absolute atomic E-state index is 0.0799. The minimum Gasteiger partial charge on any atom is -0.460 e. The van der Waals surface area contributed by atoms with Gasteiger partial charge in [0.15, 0.2) is 0 Å². The number of esters is 1. The fourth-order valence-electron chi connectivity index (χ4n) is 7.58. The quantitative estimate of drug-likeness (QED) is 0.342. The molecule has 0 aromatic rings. The third-order valence-corrected chi connectivity index (χ3v) is 10.3. The fourth-order valence-corrected chi connectivity index (χ4v) is 7.58. The smallest absolute Gasteiger partial charge is 0.325 e. The van der Waals surface area contributed by atoms with Crippen LogP contribution in [-0.4, -0.2) is 43.4 Å². The zero-order valence-electron chi connectivity index (χ0n) is 22.1. The molecule has 192 valence electrons. The summed E-state index contributed by atoms with van der Waals surface area (Å²) in [4.78, 5) is 30.3. The Bertz CT molecular complexity index is 842. The highest BCUT2D eigenvalue weighted by atomic mass is 16.6. The van der Waals surface area contributed by atoms with Gasteiger partial charge in [0.1, 0.15) is 19.8 Å². The van der Waals surface area contributed by atoms with E-state index in [0.717, 1.165) is 31.4 Å². The van der Waals surface area contributed by atoms with Crippen molar-refractivity contribution < 1.29 is 19.2 Å². The summed E-state index contributed by atoms with van der Waals surface area (Å²) in [7, 11) is 1.61. The Morgan fingerprint density at radius 2 is 1.94 bits per heavy atom. The predicted octanol–water partition coefficient (Wildman–Crippen LogP) is 4.06. The van der Waals surface area contributed by atoms with Crippen molar-refractivity contribution in [2.45, 2.75) is 85.8 Å². The molecular formula is C27H45N3O4. The van der Waals surface area contributed by atoms with E-state index in [1.807, 2.05) is 0 Å². The zero-order valence-corrected chi connectivity index (χ0v) is 22.1. The molecule has 9 atom stereocenters. The van der Waals surface area contributed by atoms with Gasteiger partial charge in [-0.05, 0) is 67.6 Å². The first-order chi connectivity index (χ1) is 15.9. The molecule has 0 radical (unpaired) electrons. The third kappa shape index (κ3) is 4.18. The first kappa shape index (κ1) is 26.7. The molecular weight excluding hydrogens is 430 g/mol. The summed E-state index contributed by atoms with van der Waals surface area (Å²) in [5.74, 6) is 0.517. The molecule has 7 heteroatoms. The van der Waals surface area contributed by atoms with Crippen LogP contribution >= 0.6 is 0 Å². The number of rotatable bonds is 6. The van der Waals surface area contributed by atoms with Gasteiger partial charge in [-0.25, -0.2) is 0 Å². The van der Waals surface area contributed by atoms with Gasteiger partial charge < -0.3 is 20.6 Å². The van der Waals surface area contributed by atoms with Crippen molar-refractivity contribution in [3.8, 4) is 0 Å². The summed E-state index contributed by atoms with van der Waals surface area (Å²) in [5.41, 5.74) is 6.30. The molecule has 0 aromatic heterocycles. The van der Waals surface area contributed by atoms with Crippen LogP contribution < -0.4 is 11.1 Å². The fraction of sp³-hybridized carbons (Fsp3) is 0.815. The van der Waals surface area contributed by atoms with E-state index in [1.54, 1.807) is 14.0 Å². The second-order valence-electron chi connectivity index (χ2n) is 11.7. The largest absolute Gasteiger partial charge is 0.460 e. The number of oxime groups is 1. The van der Waals surface area contributed by atoms with Gasteiger partial charge in [0, 0.05) is 11.3 Å². The first-order valence-electron chi connectivity index (χ1n) is 12.8. The van der Waals surface area contributed by atoms with Crippen LogP contribution in [0.4, 0.5) is 0 Å². The lowest BCUT2D eigenvalue weighted by molar-refractivity contribution is -0.188. The number of nitrogens with one attached hydrogen (secondary N) is 1. The lowest BCUT2D eigenvalue weighted by Crippen LogP contribution is -2.61. The van der Waals surface area contributed by atoms with Crippen molar-refractivity contribution in [1.29, 1.82) is 0 Å². The van der Waals surface area contributed by atoms with Gasteiger partial charge in [0.25, 0.3) is 0 Å². The van der Waals surface area contributed by atoms with Crippen molar-refractivity contribution in [3.63, 3.8) is 0 Å². The van der Waals surface area contributed by atoms with Crippen LogP contribution in [-0.2, 0) is 19.2 Å². The van der Waals surface area contributed by atoms with E-state index in [1.165, 1.54) is 0 Å². The summed E-state index contributed by atoms with van der Waals surface area (Å²) in [6, 6.07) is -0.677. The Kier molecular flexibility index (Phi) is 7.57. The standard InChI is InChI=1S/C27H45N3O4/c1-9-25(6)14-21(34-22(31)15-29-24(32)19(5)28)26(7)16(2)10-12-27(18(4)17(25)3)13-11-20(23(26)27)30-33-8/h9,16-19,21,23H,1,10-15,28H2,2-8H3,(H,29,32)/b30-20+/t16-,17?,18+,19?,21-,23+,25-,26+,27+/m1/s1. The second-order valence-corrected chi connectivity index (χ2v) is 11.7. The third-order valence-electron chi connectivity index (χ3n) is 10.3. The van der Waals surface area contributed by atoms with Crippen LogP contribution in [0.1, 0.15) is 73.6 Å². The highest BCUT2D eigenvalue weighted by Crippen LogP contribution is 2.69. The average Bonchev–Trinajstić information content (AvgIpc) is 3.18. The van der Waals surface area contributed by atoms with Crippen LogP contribution in [0.25, 0.3) is 0 Å². The number of allylic oxidation sites excluding steroid dienone is 1. The highest BCUT2D eigenvalue weighted by molar-refractivity contribution is 5.90. The number of ether oxygens (including phenoxy) is 1. The molecule has 34 heavy (non-hydrogen) atoms. The molecule has 0 heterocycles. The monoisotopic (exact) mass is 475 g/mol. The molecule has 0 saturated heterocycles. The van der Waals surface area contributed by atoms with Crippen molar-refractivity contribution in [3.05, 3.63) is 12.7 Å². The van der Waals surface area contributed by atoms with Gasteiger partial charge in [0.05, 0.1) is 11.8 Å². The molecule has 2 unspecified atom stereocenters. The minimum atomic E-state index is -0.677. The van der Waals surface area contributed by atoms with Gasteiger partial charge >= 0.3 is 5.97 Å². The van der Waals surface area contributed by atoms with Crippen LogP contribution in [0.15, 0.2) is 17.8 Å². The number of carbonyl (C=O) groups is 2. The van der Waals surface area contributed by atoms with Gasteiger partial charge in [-0.1, -0.05) is 45.9 Å². The second kappa shape index (κ2) is 9.63. The van der Waals surface area contributed by atoms with Crippen LogP contribution in [0.3, 0.4) is 0 Å². The summed E-state index contributed by atoms with van der Waals surface area (Å²) >= 11 is 0. The van der Waals surface area contributed by atoms with E-state index in [4.69, 9.17) is 15.3 Å². The lowest BCUT2D eigenvalue weighted by Gasteiger charge is -2.62. The number of carbonyl (C=O) groups excluding carboxylic acids is 2. The summed E-state index contributed by atoms with van der Waals surface area (Å²) in [5, 5.41) is 7.13. The average molecular weight is 476 g/mol. The molecule has 2 bridgehead atoms. The Morgan fingerprint density at radius 3 is 2.53 bits per heavy atom. The predicted molar refractivity (Wildman–Crippen MR) is 134 cm³/mol.